The predicted octanol–water partition coefficient (Wildman–Crippen LogP) is 2.51. The number of carbonyl (C=O) groups excluding carboxylic acids is 1. The van der Waals surface area contributed by atoms with Gasteiger partial charge in [0.05, 0.1) is 16.9 Å². The molecule has 6 nitrogen and oxygen atoms in total. The van der Waals surface area contributed by atoms with E-state index in [1.165, 1.54) is 0 Å². The van der Waals surface area contributed by atoms with Crippen molar-refractivity contribution in [3.63, 3.8) is 0 Å². The number of anilines is 2. The van der Waals surface area contributed by atoms with Crippen molar-refractivity contribution in [2.24, 2.45) is 7.05 Å². The summed E-state index contributed by atoms with van der Waals surface area (Å²) in [6.07, 6.45) is 2.59. The number of hydrogen-bond donors (Lipinski definition) is 2. The Kier molecular flexibility index (Phi) is 4.57. The molecule has 0 bridgehead atoms. The van der Waals surface area contributed by atoms with E-state index in [1.807, 2.05) is 26.0 Å². The molecule has 2 rings (SSSR count). The van der Waals surface area contributed by atoms with Gasteiger partial charge >= 0.3 is 0 Å². The maximum atomic E-state index is 12.4. The minimum atomic E-state index is -0.191. The van der Waals surface area contributed by atoms with Crippen LogP contribution in [0.4, 0.5) is 11.5 Å². The summed E-state index contributed by atoms with van der Waals surface area (Å²) in [6, 6.07) is 3.72. The van der Waals surface area contributed by atoms with E-state index in [0.29, 0.717) is 11.4 Å². The molecular formula is C15H21N5O. The summed E-state index contributed by atoms with van der Waals surface area (Å²) >= 11 is 0. The Bertz CT molecular complexity index is 648. The van der Waals surface area contributed by atoms with Gasteiger partial charge in [0.1, 0.15) is 5.82 Å². The molecule has 21 heavy (non-hydrogen) atoms. The first-order valence-electron chi connectivity index (χ1n) is 7.03. The number of nitrogens with one attached hydrogen (secondary N) is 2. The van der Waals surface area contributed by atoms with Crippen molar-refractivity contribution in [2.75, 3.05) is 17.2 Å². The number of nitrogens with zero attached hydrogens (tertiary/aromatic N) is 3. The molecule has 0 saturated carbocycles. The van der Waals surface area contributed by atoms with E-state index in [1.54, 1.807) is 17.9 Å². The first-order chi connectivity index (χ1) is 10.0. The van der Waals surface area contributed by atoms with Crippen molar-refractivity contribution >= 4 is 17.4 Å². The first-order valence-corrected chi connectivity index (χ1v) is 7.03. The summed E-state index contributed by atoms with van der Waals surface area (Å²) in [7, 11) is 1.80. The third kappa shape index (κ3) is 3.59. The lowest BCUT2D eigenvalue weighted by Crippen LogP contribution is -2.17. The van der Waals surface area contributed by atoms with Gasteiger partial charge in [0.25, 0.3) is 5.91 Å². The molecule has 0 aromatic carbocycles. The second-order valence-corrected chi connectivity index (χ2v) is 5.05. The van der Waals surface area contributed by atoms with E-state index in [-0.39, 0.29) is 5.91 Å². The molecule has 2 N–H and O–H groups in total. The van der Waals surface area contributed by atoms with Crippen LogP contribution in [0.5, 0.6) is 0 Å². The lowest BCUT2D eigenvalue weighted by Gasteiger charge is -2.12. The quantitative estimate of drug-likeness (QED) is 0.886. The Balaban J connectivity index is 2.24. The molecule has 2 aromatic heterocycles. The Labute approximate surface area is 124 Å². The van der Waals surface area contributed by atoms with Gasteiger partial charge in [-0.3, -0.25) is 14.5 Å². The average molecular weight is 287 g/mol. The van der Waals surface area contributed by atoms with Crippen molar-refractivity contribution in [3.05, 3.63) is 35.3 Å². The van der Waals surface area contributed by atoms with E-state index < -0.39 is 0 Å². The highest BCUT2D eigenvalue weighted by Crippen LogP contribution is 2.18. The molecule has 0 atom stereocenters. The second kappa shape index (κ2) is 6.39. The standard InChI is InChI=1S/C15H21N5O/c1-5-6-16-13-7-10(2)17-9-12(13)15(21)18-14-8-11(3)19-20(14)4/h7-9H,5-6H2,1-4H3,(H,16,17)(H,18,21). The Hall–Kier alpha value is -2.37. The molecular weight excluding hydrogens is 266 g/mol. The molecule has 1 amide bonds. The van der Waals surface area contributed by atoms with Crippen LogP contribution in [0, 0.1) is 13.8 Å². The number of aryl methyl sites for hydroxylation is 3. The van der Waals surface area contributed by atoms with Crippen LogP contribution in [0.3, 0.4) is 0 Å². The van der Waals surface area contributed by atoms with Crippen molar-refractivity contribution < 1.29 is 4.79 Å². The molecule has 0 aliphatic heterocycles. The fourth-order valence-electron chi connectivity index (χ4n) is 2.06. The van der Waals surface area contributed by atoms with Crippen molar-refractivity contribution in [3.8, 4) is 0 Å². The third-order valence-electron chi connectivity index (χ3n) is 3.09. The van der Waals surface area contributed by atoms with Crippen LogP contribution >= 0.6 is 0 Å². The Morgan fingerprint density at radius 1 is 1.29 bits per heavy atom. The van der Waals surface area contributed by atoms with Crippen LogP contribution in [0.25, 0.3) is 0 Å². The largest absolute Gasteiger partial charge is 0.384 e. The molecule has 0 spiro atoms. The lowest BCUT2D eigenvalue weighted by atomic mass is 10.2. The number of aromatic nitrogens is 3. The van der Waals surface area contributed by atoms with E-state index >= 15 is 0 Å². The third-order valence-corrected chi connectivity index (χ3v) is 3.09. The minimum Gasteiger partial charge on any atom is -0.384 e. The van der Waals surface area contributed by atoms with Gasteiger partial charge in [0, 0.05) is 31.5 Å². The highest BCUT2D eigenvalue weighted by Gasteiger charge is 2.14. The average Bonchev–Trinajstić information content (AvgIpc) is 2.74. The molecule has 0 unspecified atom stereocenters. The van der Waals surface area contributed by atoms with Crippen LogP contribution in [0.15, 0.2) is 18.3 Å². The predicted molar refractivity (Wildman–Crippen MR) is 83.7 cm³/mol. The maximum Gasteiger partial charge on any atom is 0.260 e. The van der Waals surface area contributed by atoms with Crippen LogP contribution in [-0.2, 0) is 7.05 Å². The molecule has 0 aliphatic carbocycles. The highest BCUT2D eigenvalue weighted by atomic mass is 16.1. The number of pyridine rings is 1. The smallest absolute Gasteiger partial charge is 0.260 e. The van der Waals surface area contributed by atoms with E-state index in [0.717, 1.165) is 30.0 Å². The number of rotatable bonds is 5. The molecule has 6 heteroatoms. The zero-order chi connectivity index (χ0) is 15.4. The molecule has 112 valence electrons. The summed E-state index contributed by atoms with van der Waals surface area (Å²) in [5.74, 6) is 0.476. The number of carbonyl (C=O) groups is 1. The normalized spacial score (nSPS) is 10.5. The summed E-state index contributed by atoms with van der Waals surface area (Å²) in [6.45, 7) is 6.69. The van der Waals surface area contributed by atoms with E-state index in [2.05, 4.69) is 27.6 Å². The number of hydrogen-bond acceptors (Lipinski definition) is 4. The molecule has 0 aliphatic rings. The molecule has 2 aromatic rings. The van der Waals surface area contributed by atoms with Crippen molar-refractivity contribution in [1.82, 2.24) is 14.8 Å². The molecule has 0 saturated heterocycles. The zero-order valence-electron chi connectivity index (χ0n) is 12.9. The highest BCUT2D eigenvalue weighted by molar-refractivity contribution is 6.07. The monoisotopic (exact) mass is 287 g/mol. The van der Waals surface area contributed by atoms with Gasteiger partial charge < -0.3 is 10.6 Å². The van der Waals surface area contributed by atoms with Gasteiger partial charge in [-0.05, 0) is 26.3 Å². The first kappa shape index (κ1) is 15.0. The number of amides is 1. The van der Waals surface area contributed by atoms with Crippen molar-refractivity contribution in [1.29, 1.82) is 0 Å². The van der Waals surface area contributed by atoms with Crippen LogP contribution in [0.2, 0.25) is 0 Å². The topological polar surface area (TPSA) is 71.8 Å². The van der Waals surface area contributed by atoms with Gasteiger partial charge in [-0.25, -0.2) is 0 Å². The van der Waals surface area contributed by atoms with Crippen LogP contribution in [0.1, 0.15) is 35.1 Å². The van der Waals surface area contributed by atoms with Crippen LogP contribution in [-0.4, -0.2) is 27.2 Å². The van der Waals surface area contributed by atoms with Gasteiger partial charge in [-0.1, -0.05) is 6.92 Å². The van der Waals surface area contributed by atoms with Crippen LogP contribution < -0.4 is 10.6 Å². The molecule has 2 heterocycles. The summed E-state index contributed by atoms with van der Waals surface area (Å²) in [5.41, 5.74) is 3.08. The molecule has 0 radical (unpaired) electrons. The summed E-state index contributed by atoms with van der Waals surface area (Å²) in [4.78, 5) is 16.7. The fourth-order valence-corrected chi connectivity index (χ4v) is 2.06. The minimum absolute atomic E-state index is 0.191. The van der Waals surface area contributed by atoms with Gasteiger partial charge in [-0.2, -0.15) is 5.10 Å². The summed E-state index contributed by atoms with van der Waals surface area (Å²) in [5, 5.41) is 10.3. The maximum absolute atomic E-state index is 12.4. The fraction of sp³-hybridized carbons (Fsp3) is 0.400. The Morgan fingerprint density at radius 3 is 2.67 bits per heavy atom. The van der Waals surface area contributed by atoms with Gasteiger partial charge in [0.2, 0.25) is 0 Å². The molecule has 0 fully saturated rings. The summed E-state index contributed by atoms with van der Waals surface area (Å²) < 4.78 is 1.65. The lowest BCUT2D eigenvalue weighted by molar-refractivity contribution is 0.102. The second-order valence-electron chi connectivity index (χ2n) is 5.05. The SMILES string of the molecule is CCCNc1cc(C)ncc1C(=O)Nc1cc(C)nn1C. The van der Waals surface area contributed by atoms with E-state index in [4.69, 9.17) is 0 Å². The van der Waals surface area contributed by atoms with Gasteiger partial charge in [-0.15, -0.1) is 0 Å². The van der Waals surface area contributed by atoms with Crippen molar-refractivity contribution in [2.45, 2.75) is 27.2 Å². The van der Waals surface area contributed by atoms with E-state index in [9.17, 15) is 4.79 Å². The van der Waals surface area contributed by atoms with Gasteiger partial charge in [0.15, 0.2) is 0 Å². The zero-order valence-corrected chi connectivity index (χ0v) is 12.9. The Morgan fingerprint density at radius 2 is 2.05 bits per heavy atom.